The van der Waals surface area contributed by atoms with E-state index in [0.29, 0.717) is 5.41 Å². The van der Waals surface area contributed by atoms with E-state index in [9.17, 15) is 0 Å². The van der Waals surface area contributed by atoms with Gasteiger partial charge in [0, 0.05) is 7.11 Å². The largest absolute Gasteiger partial charge is 0.376 e. The SMILES string of the molecule is COC1(C(NN)c2cccc(C)c2C)CCC(C)(C)CC1. The number of methoxy groups -OCH3 is 1. The van der Waals surface area contributed by atoms with Gasteiger partial charge in [0.05, 0.1) is 11.6 Å². The van der Waals surface area contributed by atoms with Gasteiger partial charge in [-0.1, -0.05) is 32.0 Å². The molecule has 1 aromatic rings. The molecule has 3 heteroatoms. The molecule has 1 aromatic carbocycles. The summed E-state index contributed by atoms with van der Waals surface area (Å²) in [5, 5.41) is 0. The van der Waals surface area contributed by atoms with Gasteiger partial charge in [-0.2, -0.15) is 0 Å². The number of rotatable bonds is 4. The van der Waals surface area contributed by atoms with Crippen molar-refractivity contribution in [1.82, 2.24) is 5.43 Å². The Labute approximate surface area is 129 Å². The zero-order valence-corrected chi connectivity index (χ0v) is 14.1. The van der Waals surface area contributed by atoms with Crippen molar-refractivity contribution in [1.29, 1.82) is 0 Å². The fourth-order valence-electron chi connectivity index (χ4n) is 3.57. The highest BCUT2D eigenvalue weighted by Gasteiger charge is 2.45. The van der Waals surface area contributed by atoms with Gasteiger partial charge in [0.15, 0.2) is 0 Å². The van der Waals surface area contributed by atoms with Crippen molar-refractivity contribution in [3.05, 3.63) is 34.9 Å². The van der Waals surface area contributed by atoms with Gasteiger partial charge in [0.25, 0.3) is 0 Å². The predicted molar refractivity (Wildman–Crippen MR) is 88.0 cm³/mol. The average Bonchev–Trinajstić information content (AvgIpc) is 2.46. The van der Waals surface area contributed by atoms with Crippen molar-refractivity contribution in [3.63, 3.8) is 0 Å². The van der Waals surface area contributed by atoms with Crippen molar-refractivity contribution in [3.8, 4) is 0 Å². The molecule has 1 saturated carbocycles. The number of benzene rings is 1. The standard InChI is InChI=1S/C18H30N2O/c1-13-7-6-8-15(14(13)2)16(20-19)18(21-5)11-9-17(3,4)10-12-18/h6-8,16,20H,9-12,19H2,1-5H3. The van der Waals surface area contributed by atoms with Crippen LogP contribution in [0.3, 0.4) is 0 Å². The van der Waals surface area contributed by atoms with E-state index < -0.39 is 0 Å². The van der Waals surface area contributed by atoms with Crippen molar-refractivity contribution in [2.75, 3.05) is 7.11 Å². The van der Waals surface area contributed by atoms with E-state index in [0.717, 1.165) is 12.8 Å². The molecule has 0 radical (unpaired) electrons. The number of ether oxygens (including phenoxy) is 1. The molecule has 1 aliphatic carbocycles. The molecule has 0 spiro atoms. The molecule has 3 N–H and O–H groups in total. The third kappa shape index (κ3) is 3.15. The number of hydrogen-bond donors (Lipinski definition) is 2. The minimum atomic E-state index is -0.206. The van der Waals surface area contributed by atoms with Crippen LogP contribution < -0.4 is 11.3 Å². The van der Waals surface area contributed by atoms with Crippen LogP contribution in [-0.4, -0.2) is 12.7 Å². The molecule has 1 atom stereocenters. The molecule has 1 aliphatic rings. The molecule has 0 aromatic heterocycles. The Morgan fingerprint density at radius 2 is 1.76 bits per heavy atom. The second-order valence-corrected chi connectivity index (χ2v) is 7.32. The molecule has 21 heavy (non-hydrogen) atoms. The quantitative estimate of drug-likeness (QED) is 0.655. The van der Waals surface area contributed by atoms with E-state index in [2.05, 4.69) is 51.3 Å². The minimum absolute atomic E-state index is 0.0403. The molecule has 0 bridgehead atoms. The van der Waals surface area contributed by atoms with E-state index in [4.69, 9.17) is 10.6 Å². The van der Waals surface area contributed by atoms with Crippen LogP contribution in [0.5, 0.6) is 0 Å². The van der Waals surface area contributed by atoms with Gasteiger partial charge in [0.1, 0.15) is 0 Å². The summed E-state index contributed by atoms with van der Waals surface area (Å²) in [4.78, 5) is 0. The maximum absolute atomic E-state index is 6.03. The third-order valence-electron chi connectivity index (χ3n) is 5.51. The van der Waals surface area contributed by atoms with E-state index in [1.165, 1.54) is 29.5 Å². The van der Waals surface area contributed by atoms with Gasteiger partial charge in [-0.25, -0.2) is 0 Å². The number of aryl methyl sites for hydroxylation is 1. The summed E-state index contributed by atoms with van der Waals surface area (Å²) in [7, 11) is 1.83. The van der Waals surface area contributed by atoms with E-state index in [1.54, 1.807) is 0 Å². The highest BCUT2D eigenvalue weighted by atomic mass is 16.5. The highest BCUT2D eigenvalue weighted by Crippen LogP contribution is 2.47. The Morgan fingerprint density at radius 1 is 1.14 bits per heavy atom. The Bertz CT molecular complexity index is 486. The summed E-state index contributed by atoms with van der Waals surface area (Å²) < 4.78 is 6.03. The van der Waals surface area contributed by atoms with Crippen LogP contribution in [0.15, 0.2) is 18.2 Å². The molecule has 0 aliphatic heterocycles. The van der Waals surface area contributed by atoms with Crippen LogP contribution in [-0.2, 0) is 4.74 Å². The van der Waals surface area contributed by atoms with Crippen molar-refractivity contribution < 1.29 is 4.74 Å². The molecule has 1 unspecified atom stereocenters. The maximum atomic E-state index is 6.03. The summed E-state index contributed by atoms with van der Waals surface area (Å²) in [6.07, 6.45) is 4.42. The first kappa shape index (κ1) is 16.5. The monoisotopic (exact) mass is 290 g/mol. The smallest absolute Gasteiger partial charge is 0.0885 e. The lowest BCUT2D eigenvalue weighted by Gasteiger charge is -2.47. The van der Waals surface area contributed by atoms with E-state index >= 15 is 0 Å². The van der Waals surface area contributed by atoms with Crippen LogP contribution in [0.4, 0.5) is 0 Å². The molecular formula is C18H30N2O. The van der Waals surface area contributed by atoms with Crippen LogP contribution >= 0.6 is 0 Å². The first-order valence-corrected chi connectivity index (χ1v) is 7.93. The summed E-state index contributed by atoms with van der Waals surface area (Å²) in [6, 6.07) is 6.47. The number of nitrogens with two attached hydrogens (primary N) is 1. The number of nitrogens with one attached hydrogen (secondary N) is 1. The fraction of sp³-hybridized carbons (Fsp3) is 0.667. The second-order valence-electron chi connectivity index (χ2n) is 7.32. The zero-order chi connectivity index (χ0) is 15.7. The van der Waals surface area contributed by atoms with Gasteiger partial charge in [-0.15, -0.1) is 0 Å². The summed E-state index contributed by atoms with van der Waals surface area (Å²) in [5.41, 5.74) is 7.12. The Hall–Kier alpha value is -0.900. The van der Waals surface area contributed by atoms with E-state index in [-0.39, 0.29) is 11.6 Å². The van der Waals surface area contributed by atoms with Gasteiger partial charge in [-0.3, -0.25) is 11.3 Å². The normalized spacial score (nSPS) is 22.0. The van der Waals surface area contributed by atoms with Crippen LogP contribution in [0.2, 0.25) is 0 Å². The lowest BCUT2D eigenvalue weighted by Crippen LogP contribution is -2.51. The van der Waals surface area contributed by atoms with Gasteiger partial charge < -0.3 is 4.74 Å². The third-order valence-corrected chi connectivity index (χ3v) is 5.51. The van der Waals surface area contributed by atoms with Crippen molar-refractivity contribution in [2.24, 2.45) is 11.3 Å². The predicted octanol–water partition coefficient (Wildman–Crippen LogP) is 3.79. The second kappa shape index (κ2) is 6.07. The first-order chi connectivity index (χ1) is 9.85. The summed E-state index contributed by atoms with van der Waals surface area (Å²) in [6.45, 7) is 9.01. The van der Waals surface area contributed by atoms with Crippen LogP contribution in [0, 0.1) is 19.3 Å². The molecular weight excluding hydrogens is 260 g/mol. The summed E-state index contributed by atoms with van der Waals surface area (Å²) >= 11 is 0. The topological polar surface area (TPSA) is 47.3 Å². The number of hydrazine groups is 1. The molecule has 3 nitrogen and oxygen atoms in total. The van der Waals surface area contributed by atoms with E-state index in [1.807, 2.05) is 7.11 Å². The first-order valence-electron chi connectivity index (χ1n) is 7.93. The summed E-state index contributed by atoms with van der Waals surface area (Å²) in [5.74, 6) is 5.95. The Balaban J connectivity index is 2.37. The average molecular weight is 290 g/mol. The number of hydrogen-bond acceptors (Lipinski definition) is 3. The van der Waals surface area contributed by atoms with Crippen LogP contribution in [0.1, 0.15) is 62.3 Å². The molecule has 2 rings (SSSR count). The van der Waals surface area contributed by atoms with Gasteiger partial charge >= 0.3 is 0 Å². The minimum Gasteiger partial charge on any atom is -0.376 e. The lowest BCUT2D eigenvalue weighted by atomic mass is 9.67. The molecule has 1 fully saturated rings. The van der Waals surface area contributed by atoms with Gasteiger partial charge in [0.2, 0.25) is 0 Å². The lowest BCUT2D eigenvalue weighted by molar-refractivity contribution is -0.0878. The molecule has 0 saturated heterocycles. The Morgan fingerprint density at radius 3 is 2.29 bits per heavy atom. The molecule has 118 valence electrons. The fourth-order valence-corrected chi connectivity index (χ4v) is 3.57. The van der Waals surface area contributed by atoms with Crippen LogP contribution in [0.25, 0.3) is 0 Å². The Kier molecular flexibility index (Phi) is 4.76. The zero-order valence-electron chi connectivity index (χ0n) is 14.1. The van der Waals surface area contributed by atoms with Crippen molar-refractivity contribution in [2.45, 2.75) is 65.0 Å². The molecule has 0 heterocycles. The highest BCUT2D eigenvalue weighted by molar-refractivity contribution is 5.37. The van der Waals surface area contributed by atoms with Gasteiger partial charge in [-0.05, 0) is 61.6 Å². The molecule has 0 amide bonds. The maximum Gasteiger partial charge on any atom is 0.0885 e. The van der Waals surface area contributed by atoms with Crippen molar-refractivity contribution >= 4 is 0 Å².